The van der Waals surface area contributed by atoms with Crippen molar-refractivity contribution in [2.75, 3.05) is 0 Å². The van der Waals surface area contributed by atoms with E-state index in [-0.39, 0.29) is 0 Å². The Bertz CT molecular complexity index is 346. The van der Waals surface area contributed by atoms with Crippen molar-refractivity contribution in [3.05, 3.63) is 24.3 Å². The zero-order valence-electron chi connectivity index (χ0n) is 11.9. The Balaban J connectivity index is 1.81. The van der Waals surface area contributed by atoms with E-state index < -0.39 is 0 Å². The Kier molecular flexibility index (Phi) is 4.47. The lowest BCUT2D eigenvalue weighted by Crippen LogP contribution is -2.26. The fourth-order valence-corrected chi connectivity index (χ4v) is 4.34. The van der Waals surface area contributed by atoms with Crippen LogP contribution in [0.25, 0.3) is 0 Å². The monoisotopic (exact) mass is 258 g/mol. The smallest absolute Gasteiger partial charge is 0.0623 e. The normalized spacial score (nSPS) is 22.8. The molecule has 0 aliphatic heterocycles. The predicted octanol–water partition coefficient (Wildman–Crippen LogP) is 4.72. The Morgan fingerprint density at radius 2 is 1.37 bits per heavy atom. The zero-order chi connectivity index (χ0) is 12.9. The van der Waals surface area contributed by atoms with Crippen LogP contribution in [0.5, 0.6) is 0 Å². The van der Waals surface area contributed by atoms with Crippen LogP contribution in [0.4, 0.5) is 0 Å². The van der Waals surface area contributed by atoms with Gasteiger partial charge in [-0.15, -0.1) is 0 Å². The zero-order valence-corrected chi connectivity index (χ0v) is 11.9. The van der Waals surface area contributed by atoms with E-state index in [9.17, 15) is 0 Å². The number of nitrogens with zero attached hydrogens (tertiary/aromatic N) is 2. The highest BCUT2D eigenvalue weighted by molar-refractivity contribution is 5.08. The van der Waals surface area contributed by atoms with Crippen LogP contribution in [0.1, 0.15) is 75.8 Å². The molecule has 19 heavy (non-hydrogen) atoms. The molecule has 1 aromatic rings. The molecule has 2 heteroatoms. The molecule has 2 nitrogen and oxygen atoms in total. The van der Waals surface area contributed by atoms with Gasteiger partial charge in [0.15, 0.2) is 0 Å². The second kappa shape index (κ2) is 6.49. The van der Waals surface area contributed by atoms with Crippen molar-refractivity contribution >= 4 is 0 Å². The predicted molar refractivity (Wildman–Crippen MR) is 77.9 cm³/mol. The highest BCUT2D eigenvalue weighted by Crippen LogP contribution is 2.44. The minimum absolute atomic E-state index is 0.689. The van der Waals surface area contributed by atoms with Crippen LogP contribution >= 0.6 is 0 Å². The second-order valence-corrected chi connectivity index (χ2v) is 6.45. The van der Waals surface area contributed by atoms with Crippen molar-refractivity contribution in [1.82, 2.24) is 9.97 Å². The van der Waals surface area contributed by atoms with E-state index in [1.807, 2.05) is 18.6 Å². The van der Waals surface area contributed by atoms with E-state index >= 15 is 0 Å². The number of hydrogen-bond acceptors (Lipinski definition) is 2. The number of rotatable bonds is 3. The van der Waals surface area contributed by atoms with Crippen LogP contribution in [0, 0.1) is 11.8 Å². The molecule has 104 valence electrons. The Labute approximate surface area is 117 Å². The molecule has 0 bridgehead atoms. The van der Waals surface area contributed by atoms with Crippen LogP contribution in [-0.4, -0.2) is 9.97 Å². The van der Waals surface area contributed by atoms with Gasteiger partial charge in [-0.25, -0.2) is 0 Å². The summed E-state index contributed by atoms with van der Waals surface area (Å²) in [6.45, 7) is 0. The number of hydrogen-bond donors (Lipinski definition) is 0. The fraction of sp³-hybridized carbons (Fsp3) is 0.765. The molecule has 2 aliphatic rings. The van der Waals surface area contributed by atoms with Gasteiger partial charge >= 0.3 is 0 Å². The highest BCUT2D eigenvalue weighted by Gasteiger charge is 2.33. The SMILES string of the molecule is c1cnc(C(C2CCCCC2)C2CCCCC2)cn1. The molecule has 0 N–H and O–H groups in total. The largest absolute Gasteiger partial charge is 0.261 e. The minimum Gasteiger partial charge on any atom is -0.261 e. The van der Waals surface area contributed by atoms with Crippen molar-refractivity contribution in [2.24, 2.45) is 11.8 Å². The lowest BCUT2D eigenvalue weighted by molar-refractivity contribution is 0.199. The van der Waals surface area contributed by atoms with E-state index in [0.717, 1.165) is 11.8 Å². The average Bonchev–Trinajstić information content (AvgIpc) is 2.51. The number of aromatic nitrogens is 2. The van der Waals surface area contributed by atoms with Crippen molar-refractivity contribution in [2.45, 2.75) is 70.1 Å². The first-order valence-corrected chi connectivity index (χ1v) is 8.21. The van der Waals surface area contributed by atoms with Crippen molar-refractivity contribution in [3.63, 3.8) is 0 Å². The summed E-state index contributed by atoms with van der Waals surface area (Å²) in [7, 11) is 0. The Morgan fingerprint density at radius 3 is 1.84 bits per heavy atom. The van der Waals surface area contributed by atoms with E-state index in [1.165, 1.54) is 69.9 Å². The summed E-state index contributed by atoms with van der Waals surface area (Å²) in [4.78, 5) is 9.00. The second-order valence-electron chi connectivity index (χ2n) is 6.45. The van der Waals surface area contributed by atoms with Crippen molar-refractivity contribution < 1.29 is 0 Å². The summed E-state index contributed by atoms with van der Waals surface area (Å²) in [6.07, 6.45) is 20.0. The summed E-state index contributed by atoms with van der Waals surface area (Å²) in [5.41, 5.74) is 1.28. The molecule has 0 aromatic carbocycles. The third kappa shape index (κ3) is 3.16. The molecule has 0 atom stereocenters. The van der Waals surface area contributed by atoms with Gasteiger partial charge in [-0.2, -0.15) is 0 Å². The molecule has 2 fully saturated rings. The summed E-state index contributed by atoms with van der Waals surface area (Å²) in [5.74, 6) is 2.43. The Hall–Kier alpha value is -0.920. The molecule has 0 amide bonds. The van der Waals surface area contributed by atoms with Crippen molar-refractivity contribution in [3.8, 4) is 0 Å². The standard InChI is InChI=1S/C17H26N2/c1-3-7-14(8-4-1)17(15-9-5-2-6-10-15)16-13-18-11-12-19-16/h11-15,17H,1-10H2. The average molecular weight is 258 g/mol. The van der Waals surface area contributed by atoms with Crippen LogP contribution in [0.15, 0.2) is 18.6 Å². The lowest BCUT2D eigenvalue weighted by Gasteiger charge is -2.37. The van der Waals surface area contributed by atoms with E-state index in [1.54, 1.807) is 0 Å². The molecule has 1 aromatic heterocycles. The third-order valence-electron chi connectivity index (χ3n) is 5.24. The Morgan fingerprint density at radius 1 is 0.789 bits per heavy atom. The van der Waals surface area contributed by atoms with Crippen LogP contribution < -0.4 is 0 Å². The lowest BCUT2D eigenvalue weighted by atomic mass is 9.68. The van der Waals surface area contributed by atoms with Gasteiger partial charge in [0.1, 0.15) is 0 Å². The molecule has 1 heterocycles. The van der Waals surface area contributed by atoms with E-state index in [2.05, 4.69) is 9.97 Å². The molecule has 0 saturated heterocycles. The molecule has 2 saturated carbocycles. The topological polar surface area (TPSA) is 25.8 Å². The molecule has 0 unspecified atom stereocenters. The van der Waals surface area contributed by atoms with Gasteiger partial charge in [-0.3, -0.25) is 9.97 Å². The summed E-state index contributed by atoms with van der Waals surface area (Å²) in [6, 6.07) is 0. The van der Waals surface area contributed by atoms with E-state index in [4.69, 9.17) is 0 Å². The molecule has 0 radical (unpaired) electrons. The van der Waals surface area contributed by atoms with Crippen LogP contribution in [0.2, 0.25) is 0 Å². The molecule has 2 aliphatic carbocycles. The van der Waals surface area contributed by atoms with Gasteiger partial charge in [0.25, 0.3) is 0 Å². The van der Waals surface area contributed by atoms with Gasteiger partial charge in [0, 0.05) is 24.5 Å². The van der Waals surface area contributed by atoms with Crippen LogP contribution in [0.3, 0.4) is 0 Å². The van der Waals surface area contributed by atoms with Gasteiger partial charge in [0.2, 0.25) is 0 Å². The maximum Gasteiger partial charge on any atom is 0.0623 e. The van der Waals surface area contributed by atoms with Crippen LogP contribution in [-0.2, 0) is 0 Å². The van der Waals surface area contributed by atoms with Gasteiger partial charge < -0.3 is 0 Å². The summed E-state index contributed by atoms with van der Waals surface area (Å²) < 4.78 is 0. The molecule has 0 spiro atoms. The van der Waals surface area contributed by atoms with Gasteiger partial charge in [-0.1, -0.05) is 38.5 Å². The molecular weight excluding hydrogens is 232 g/mol. The third-order valence-corrected chi connectivity index (χ3v) is 5.24. The van der Waals surface area contributed by atoms with Crippen molar-refractivity contribution in [1.29, 1.82) is 0 Å². The maximum atomic E-state index is 4.67. The summed E-state index contributed by atoms with van der Waals surface area (Å²) in [5, 5.41) is 0. The van der Waals surface area contributed by atoms with Gasteiger partial charge in [-0.05, 0) is 37.5 Å². The molecular formula is C17H26N2. The fourth-order valence-electron chi connectivity index (χ4n) is 4.34. The maximum absolute atomic E-state index is 4.67. The quantitative estimate of drug-likeness (QED) is 0.784. The van der Waals surface area contributed by atoms with Gasteiger partial charge in [0.05, 0.1) is 5.69 Å². The van der Waals surface area contributed by atoms with E-state index in [0.29, 0.717) is 5.92 Å². The highest BCUT2D eigenvalue weighted by atomic mass is 14.8. The first-order valence-electron chi connectivity index (χ1n) is 8.21. The first-order chi connectivity index (χ1) is 9.45. The first kappa shape index (κ1) is 13.1. The molecule has 3 rings (SSSR count). The summed E-state index contributed by atoms with van der Waals surface area (Å²) >= 11 is 0. The minimum atomic E-state index is 0.689.